The minimum atomic E-state index is -4.38. The Balaban J connectivity index is 2.07. The van der Waals surface area contributed by atoms with Crippen LogP contribution >= 0.6 is 0 Å². The molecule has 0 radical (unpaired) electrons. The van der Waals surface area contributed by atoms with Crippen molar-refractivity contribution in [3.05, 3.63) is 71.5 Å². The Kier molecular flexibility index (Phi) is 8.67. The number of carbonyl (C=O) groups excluding carboxylic acids is 1. The molecule has 7 nitrogen and oxygen atoms in total. The number of amidine groups is 2. The number of likely N-dealkylation sites (N-methyl/N-ethyl adjacent to an activating group) is 1. The Morgan fingerprint density at radius 1 is 1.21 bits per heavy atom. The zero-order chi connectivity index (χ0) is 25.5. The molecule has 0 fully saturated rings. The highest BCUT2D eigenvalue weighted by atomic mass is 19.4. The van der Waals surface area contributed by atoms with Crippen LogP contribution in [0.25, 0.3) is 0 Å². The quantitative estimate of drug-likeness (QED) is 0.520. The molecule has 0 atom stereocenters. The number of alkyl halides is 3. The second-order valence-electron chi connectivity index (χ2n) is 8.62. The number of benzene rings is 1. The first-order valence-corrected chi connectivity index (χ1v) is 10.6. The maximum atomic E-state index is 13.0. The van der Waals surface area contributed by atoms with Crippen LogP contribution < -0.4 is 10.9 Å². The van der Waals surface area contributed by atoms with Crippen LogP contribution in [0.3, 0.4) is 0 Å². The lowest BCUT2D eigenvalue weighted by molar-refractivity contribution is -0.137. The largest absolute Gasteiger partial charge is 0.444 e. The monoisotopic (exact) mass is 477 g/mol. The molecule has 2 N–H and O–H groups in total. The summed E-state index contributed by atoms with van der Waals surface area (Å²) in [5.74, 6) is 1.12. The highest BCUT2D eigenvalue weighted by Crippen LogP contribution is 2.29. The molecule has 1 aromatic carbocycles. The van der Waals surface area contributed by atoms with Crippen LogP contribution in [0.2, 0.25) is 0 Å². The van der Waals surface area contributed by atoms with Crippen molar-refractivity contribution in [2.75, 3.05) is 7.05 Å². The Morgan fingerprint density at radius 2 is 1.91 bits per heavy atom. The molecule has 1 aromatic rings. The number of alkyl carbamates (subject to hydrolysis) is 1. The van der Waals surface area contributed by atoms with E-state index in [1.54, 1.807) is 63.9 Å². The molecule has 184 valence electrons. The van der Waals surface area contributed by atoms with Crippen molar-refractivity contribution in [2.45, 2.75) is 52.3 Å². The molecule has 0 unspecified atom stereocenters. The van der Waals surface area contributed by atoms with Gasteiger partial charge in [-0.15, -0.1) is 10.2 Å². The van der Waals surface area contributed by atoms with Gasteiger partial charge in [0, 0.05) is 24.7 Å². The van der Waals surface area contributed by atoms with Crippen molar-refractivity contribution in [2.24, 2.45) is 10.2 Å². The Morgan fingerprint density at radius 3 is 2.53 bits per heavy atom. The lowest BCUT2D eigenvalue weighted by Crippen LogP contribution is -2.39. The molecule has 1 aliphatic rings. The molecule has 2 rings (SSSR count). The molecule has 0 aliphatic carbocycles. The van der Waals surface area contributed by atoms with Gasteiger partial charge in [0.2, 0.25) is 0 Å². The van der Waals surface area contributed by atoms with E-state index >= 15 is 0 Å². The molecule has 0 bridgehead atoms. The van der Waals surface area contributed by atoms with Crippen LogP contribution in [0.5, 0.6) is 0 Å². The van der Waals surface area contributed by atoms with Gasteiger partial charge >= 0.3 is 12.3 Å². The van der Waals surface area contributed by atoms with Crippen LogP contribution in [0, 0.1) is 0 Å². The molecule has 0 saturated heterocycles. The van der Waals surface area contributed by atoms with E-state index in [2.05, 4.69) is 27.6 Å². The summed E-state index contributed by atoms with van der Waals surface area (Å²) in [7, 11) is 1.76. The van der Waals surface area contributed by atoms with Crippen molar-refractivity contribution >= 4 is 17.8 Å². The first-order valence-electron chi connectivity index (χ1n) is 10.6. The summed E-state index contributed by atoms with van der Waals surface area (Å²) in [6.45, 7) is 10.9. The number of halogens is 3. The highest BCUT2D eigenvalue weighted by Gasteiger charge is 2.30. The number of nitrogens with zero attached hydrogens (tertiary/aromatic N) is 3. The van der Waals surface area contributed by atoms with Gasteiger partial charge in [0.05, 0.1) is 5.56 Å². The van der Waals surface area contributed by atoms with Crippen LogP contribution in [0.15, 0.2) is 70.5 Å². The predicted octanol–water partition coefficient (Wildman–Crippen LogP) is 5.34. The summed E-state index contributed by atoms with van der Waals surface area (Å²) in [4.78, 5) is 13.6. The van der Waals surface area contributed by atoms with Crippen molar-refractivity contribution < 1.29 is 22.7 Å². The van der Waals surface area contributed by atoms with Crippen LogP contribution in [-0.2, 0) is 17.3 Å². The average molecular weight is 478 g/mol. The van der Waals surface area contributed by atoms with Crippen LogP contribution in [-0.4, -0.2) is 35.3 Å². The van der Waals surface area contributed by atoms with Crippen molar-refractivity contribution in [3.63, 3.8) is 0 Å². The molecule has 0 aromatic heterocycles. The van der Waals surface area contributed by atoms with Crippen molar-refractivity contribution in [3.8, 4) is 0 Å². The second kappa shape index (κ2) is 11.0. The number of nitrogens with one attached hydrogen (secondary N) is 2. The minimum Gasteiger partial charge on any atom is -0.444 e. The van der Waals surface area contributed by atoms with E-state index in [4.69, 9.17) is 4.74 Å². The van der Waals surface area contributed by atoms with Crippen molar-refractivity contribution in [1.82, 2.24) is 15.8 Å². The van der Waals surface area contributed by atoms with E-state index in [0.29, 0.717) is 41.3 Å². The number of hydrazone groups is 2. The minimum absolute atomic E-state index is 0.369. The number of hydrogen-bond donors (Lipinski definition) is 2. The molecule has 1 aliphatic heterocycles. The van der Waals surface area contributed by atoms with Gasteiger partial charge < -0.3 is 9.64 Å². The fourth-order valence-electron chi connectivity index (χ4n) is 3.00. The Labute approximate surface area is 197 Å². The van der Waals surface area contributed by atoms with E-state index in [0.717, 1.165) is 12.1 Å². The number of rotatable bonds is 7. The molecular formula is C24H30F3N5O2. The maximum Gasteiger partial charge on any atom is 0.416 e. The summed E-state index contributed by atoms with van der Waals surface area (Å²) in [6.07, 6.45) is 0.830. The molecule has 10 heteroatoms. The predicted molar refractivity (Wildman–Crippen MR) is 127 cm³/mol. The lowest BCUT2D eigenvalue weighted by Gasteiger charge is -2.26. The number of hydrogen-bond acceptors (Lipinski definition) is 6. The highest BCUT2D eigenvalue weighted by molar-refractivity contribution is 6.11. The van der Waals surface area contributed by atoms with Crippen LogP contribution in [0.4, 0.5) is 18.0 Å². The fourth-order valence-corrected chi connectivity index (χ4v) is 3.00. The van der Waals surface area contributed by atoms with Gasteiger partial charge in [0.25, 0.3) is 0 Å². The smallest absolute Gasteiger partial charge is 0.416 e. The van der Waals surface area contributed by atoms with Gasteiger partial charge in [0.15, 0.2) is 5.84 Å². The number of aryl methyl sites for hydroxylation is 1. The van der Waals surface area contributed by atoms with Gasteiger partial charge in [-0.2, -0.15) is 18.7 Å². The van der Waals surface area contributed by atoms with E-state index in [1.165, 1.54) is 6.07 Å². The third-order valence-corrected chi connectivity index (χ3v) is 4.62. The summed E-state index contributed by atoms with van der Waals surface area (Å²) >= 11 is 0. The van der Waals surface area contributed by atoms with Gasteiger partial charge in [-0.05, 0) is 57.9 Å². The molecular weight excluding hydrogens is 447 g/mol. The summed E-state index contributed by atoms with van der Waals surface area (Å²) < 4.78 is 44.1. The number of allylic oxidation sites excluding steroid dienone is 3. The first-order chi connectivity index (χ1) is 15.8. The summed E-state index contributed by atoms with van der Waals surface area (Å²) in [5, 5.41) is 11.0. The van der Waals surface area contributed by atoms with Gasteiger partial charge in [-0.1, -0.05) is 30.9 Å². The maximum absolute atomic E-state index is 13.0. The number of ether oxygens (including phenoxy) is 1. The van der Waals surface area contributed by atoms with Gasteiger partial charge in [-0.25, -0.2) is 4.79 Å². The number of carbonyl (C=O) groups is 1. The van der Waals surface area contributed by atoms with E-state index in [9.17, 15) is 18.0 Å². The lowest BCUT2D eigenvalue weighted by atomic mass is 10.1. The second-order valence-corrected chi connectivity index (χ2v) is 8.62. The van der Waals surface area contributed by atoms with Gasteiger partial charge in [0.1, 0.15) is 11.4 Å². The van der Waals surface area contributed by atoms with Crippen molar-refractivity contribution in [1.29, 1.82) is 0 Å². The Hall–Kier alpha value is -3.56. The summed E-state index contributed by atoms with van der Waals surface area (Å²) in [5.41, 5.74) is 3.07. The third kappa shape index (κ3) is 8.09. The van der Waals surface area contributed by atoms with Crippen LogP contribution in [0.1, 0.15) is 45.2 Å². The SMILES string of the molecule is C=C/C(=C\C=C(/C)NC(=O)OC(C)(C)C)C1=NNN=C(CCc2cccc(C(F)(F)F)c2)N1C. The molecule has 1 amide bonds. The normalized spacial score (nSPS) is 15.2. The average Bonchev–Trinajstić information content (AvgIpc) is 2.72. The fraction of sp³-hybridized carbons (Fsp3) is 0.375. The summed E-state index contributed by atoms with van der Waals surface area (Å²) in [6, 6.07) is 5.25. The zero-order valence-corrected chi connectivity index (χ0v) is 20.0. The van der Waals surface area contributed by atoms with Gasteiger partial charge in [-0.3, -0.25) is 5.32 Å². The van der Waals surface area contributed by atoms with E-state index < -0.39 is 23.4 Å². The molecule has 0 spiro atoms. The van der Waals surface area contributed by atoms with E-state index in [-0.39, 0.29) is 0 Å². The van der Waals surface area contributed by atoms with E-state index in [1.807, 2.05) is 0 Å². The number of amides is 1. The standard InChI is InChI=1S/C24H30F3N5O2/c1-7-18(13-11-16(2)28-22(33)34-23(3,4)5)21-30-31-29-20(32(21)6)14-12-17-9-8-10-19(15-17)24(25,26)27/h7-11,13,15,31H,1,12,14H2,2-6H3,(H,28,33)/b16-11+,18-13+. The first kappa shape index (κ1) is 26.7. The zero-order valence-electron chi connectivity index (χ0n) is 20.0. The third-order valence-electron chi connectivity index (χ3n) is 4.62. The molecule has 34 heavy (non-hydrogen) atoms. The molecule has 0 saturated carbocycles. The Bertz CT molecular complexity index is 1030. The topological polar surface area (TPSA) is 78.3 Å². The molecule has 1 heterocycles.